The van der Waals surface area contributed by atoms with Crippen LogP contribution in [0.3, 0.4) is 0 Å². The van der Waals surface area contributed by atoms with E-state index < -0.39 is 23.9 Å². The number of ether oxygens (including phenoxy) is 2. The zero-order valence-corrected chi connectivity index (χ0v) is 17.6. The van der Waals surface area contributed by atoms with Gasteiger partial charge in [-0.15, -0.1) is 0 Å². The summed E-state index contributed by atoms with van der Waals surface area (Å²) in [6.45, 7) is 0.138. The predicted molar refractivity (Wildman–Crippen MR) is 112 cm³/mol. The van der Waals surface area contributed by atoms with Gasteiger partial charge in [0.2, 0.25) is 0 Å². The number of aromatic nitrogens is 1. The van der Waals surface area contributed by atoms with Crippen LogP contribution in [-0.2, 0) is 21.4 Å². The van der Waals surface area contributed by atoms with Gasteiger partial charge in [-0.3, -0.25) is 14.8 Å². The minimum absolute atomic E-state index is 0.160. The lowest BCUT2D eigenvalue weighted by Gasteiger charge is -2.33. The van der Waals surface area contributed by atoms with Crippen LogP contribution >= 0.6 is 0 Å². The minimum atomic E-state index is -3.52. The third kappa shape index (κ3) is 4.98. The van der Waals surface area contributed by atoms with E-state index in [9.17, 15) is 18.0 Å². The van der Waals surface area contributed by atoms with Gasteiger partial charge >= 0.3 is 0 Å². The molecule has 0 amide bonds. The van der Waals surface area contributed by atoms with Crippen molar-refractivity contribution in [2.45, 2.75) is 24.8 Å². The molecule has 0 spiro atoms. The zero-order chi connectivity index (χ0) is 23.4. The molecule has 0 radical (unpaired) electrons. The highest BCUT2D eigenvalue weighted by atomic mass is 19.3. The van der Waals surface area contributed by atoms with E-state index in [0.717, 1.165) is 13.0 Å². The first-order valence-electron chi connectivity index (χ1n) is 9.72. The first-order chi connectivity index (χ1) is 15.2. The van der Waals surface area contributed by atoms with Crippen molar-refractivity contribution in [1.82, 2.24) is 4.98 Å². The number of Topliss-reactive ketones (excluding diaryl/α,β-unsaturated/α-hetero) is 1. The molecule has 168 valence electrons. The van der Waals surface area contributed by atoms with Gasteiger partial charge in [0.05, 0.1) is 0 Å². The number of halogens is 3. The fraction of sp³-hybridized carbons (Fsp3) is 0.348. The maximum Gasteiger partial charge on any atom is 0.299 e. The number of ketones is 1. The number of hydrogen-bond donors (Lipinski definition) is 1. The standard InChI is InChI=1S/C23H22F3N3O3/c1-22(23(25,26)14-32-13-21(27)29-22)17-10-16(5-7-18(17)24)11-20(30)19-8-6-15(12-28-19)4-3-9-31-2/h5-8,10,12H,9,11,13-14H2,1-2H3,(H2,27,29)/t22-/m1/s1. The second-order valence-electron chi connectivity index (χ2n) is 7.45. The Bertz CT molecular complexity index is 1090. The van der Waals surface area contributed by atoms with Crippen molar-refractivity contribution in [1.29, 1.82) is 0 Å². The first kappa shape index (κ1) is 23.4. The monoisotopic (exact) mass is 445 g/mol. The highest BCUT2D eigenvalue weighted by Gasteiger charge is 2.54. The predicted octanol–water partition coefficient (Wildman–Crippen LogP) is 2.88. The number of nitrogens with zero attached hydrogens (tertiary/aromatic N) is 2. The number of rotatable bonds is 5. The lowest BCUT2D eigenvalue weighted by atomic mass is 9.84. The molecule has 2 N–H and O–H groups in total. The van der Waals surface area contributed by atoms with Gasteiger partial charge in [-0.05, 0) is 36.8 Å². The number of nitrogens with two attached hydrogens (primary N) is 1. The molecule has 32 heavy (non-hydrogen) atoms. The average molecular weight is 445 g/mol. The highest BCUT2D eigenvalue weighted by Crippen LogP contribution is 2.43. The van der Waals surface area contributed by atoms with Crippen LogP contribution in [0.25, 0.3) is 0 Å². The topological polar surface area (TPSA) is 86.8 Å². The van der Waals surface area contributed by atoms with E-state index in [1.165, 1.54) is 31.5 Å². The zero-order valence-electron chi connectivity index (χ0n) is 17.6. The Balaban J connectivity index is 1.87. The number of benzene rings is 1. The molecule has 1 aliphatic rings. The Kier molecular flexibility index (Phi) is 6.96. The van der Waals surface area contributed by atoms with E-state index in [4.69, 9.17) is 15.2 Å². The second-order valence-corrected chi connectivity index (χ2v) is 7.45. The number of carbonyl (C=O) groups is 1. The fourth-order valence-corrected chi connectivity index (χ4v) is 3.26. The molecule has 1 aliphatic heterocycles. The van der Waals surface area contributed by atoms with Crippen LogP contribution in [0.15, 0.2) is 41.5 Å². The molecule has 0 saturated heterocycles. The van der Waals surface area contributed by atoms with Crippen LogP contribution in [0.5, 0.6) is 0 Å². The second kappa shape index (κ2) is 9.51. The van der Waals surface area contributed by atoms with Gasteiger partial charge in [0.15, 0.2) is 11.3 Å². The van der Waals surface area contributed by atoms with Gasteiger partial charge in [0.1, 0.15) is 37.2 Å². The normalized spacial score (nSPS) is 20.0. The van der Waals surface area contributed by atoms with E-state index in [1.54, 1.807) is 6.07 Å². The summed E-state index contributed by atoms with van der Waals surface area (Å²) < 4.78 is 54.0. The van der Waals surface area contributed by atoms with Crippen LogP contribution in [0.2, 0.25) is 0 Å². The molecule has 9 heteroatoms. The quantitative estimate of drug-likeness (QED) is 0.565. The SMILES string of the molecule is COCC#Cc1ccc(C(=O)Cc2ccc(F)c([C@@]3(C)N=C(N)COCC3(F)F)c2)nc1. The Morgan fingerprint density at radius 3 is 2.78 bits per heavy atom. The number of aliphatic imine (C=N–C) groups is 1. The van der Waals surface area contributed by atoms with Gasteiger partial charge in [0, 0.05) is 30.9 Å². The van der Waals surface area contributed by atoms with Crippen molar-refractivity contribution >= 4 is 11.6 Å². The van der Waals surface area contributed by atoms with Gasteiger partial charge in [-0.1, -0.05) is 17.9 Å². The number of amidine groups is 1. The molecule has 1 aromatic carbocycles. The maximum absolute atomic E-state index is 14.8. The summed E-state index contributed by atoms with van der Waals surface area (Å²) in [7, 11) is 1.53. The van der Waals surface area contributed by atoms with E-state index in [-0.39, 0.29) is 42.5 Å². The maximum atomic E-state index is 14.8. The number of methoxy groups -OCH3 is 1. The third-order valence-corrected chi connectivity index (χ3v) is 5.03. The van der Waals surface area contributed by atoms with Gasteiger partial charge in [-0.25, -0.2) is 13.2 Å². The molecule has 0 saturated carbocycles. The number of hydrogen-bond acceptors (Lipinski definition) is 6. The summed E-state index contributed by atoms with van der Waals surface area (Å²) in [5.41, 5.74) is 4.14. The molecule has 1 atom stereocenters. The van der Waals surface area contributed by atoms with E-state index >= 15 is 0 Å². The molecule has 3 rings (SSSR count). The highest BCUT2D eigenvalue weighted by molar-refractivity contribution is 5.95. The first-order valence-corrected chi connectivity index (χ1v) is 9.72. The van der Waals surface area contributed by atoms with Crippen molar-refractivity contribution in [3.05, 3.63) is 64.7 Å². The Hall–Kier alpha value is -3.22. The van der Waals surface area contributed by atoms with Crippen molar-refractivity contribution in [3.63, 3.8) is 0 Å². The Morgan fingerprint density at radius 2 is 2.09 bits per heavy atom. The molecular formula is C23H22F3N3O3. The summed E-state index contributed by atoms with van der Waals surface area (Å²) in [4.78, 5) is 20.6. The Labute approximate surface area is 183 Å². The molecule has 2 aromatic rings. The Morgan fingerprint density at radius 1 is 1.31 bits per heavy atom. The molecule has 0 bridgehead atoms. The average Bonchev–Trinajstić information content (AvgIpc) is 2.85. The van der Waals surface area contributed by atoms with Crippen LogP contribution in [-0.4, -0.2) is 49.5 Å². The minimum Gasteiger partial charge on any atom is -0.385 e. The molecule has 0 unspecified atom stereocenters. The van der Waals surface area contributed by atoms with Crippen molar-refractivity contribution in [2.75, 3.05) is 26.9 Å². The summed E-state index contributed by atoms with van der Waals surface area (Å²) in [5.74, 6) is 0.703. The summed E-state index contributed by atoms with van der Waals surface area (Å²) >= 11 is 0. The summed E-state index contributed by atoms with van der Waals surface area (Å²) in [6.07, 6.45) is 1.29. The fourth-order valence-electron chi connectivity index (χ4n) is 3.26. The van der Waals surface area contributed by atoms with Crippen molar-refractivity contribution in [3.8, 4) is 11.8 Å². The van der Waals surface area contributed by atoms with Crippen LogP contribution in [0.4, 0.5) is 13.2 Å². The van der Waals surface area contributed by atoms with Crippen molar-refractivity contribution in [2.24, 2.45) is 10.7 Å². The summed E-state index contributed by atoms with van der Waals surface area (Å²) in [5, 5.41) is 0. The third-order valence-electron chi connectivity index (χ3n) is 5.03. The van der Waals surface area contributed by atoms with Crippen LogP contribution in [0.1, 0.15) is 34.1 Å². The largest absolute Gasteiger partial charge is 0.385 e. The lowest BCUT2D eigenvalue weighted by molar-refractivity contribution is -0.116. The number of pyridine rings is 1. The molecule has 6 nitrogen and oxygen atoms in total. The van der Waals surface area contributed by atoms with E-state index in [1.807, 2.05) is 0 Å². The number of alkyl halides is 2. The molecule has 0 fully saturated rings. The molecular weight excluding hydrogens is 423 g/mol. The van der Waals surface area contributed by atoms with E-state index in [0.29, 0.717) is 11.1 Å². The lowest BCUT2D eigenvalue weighted by Crippen LogP contribution is -2.45. The van der Waals surface area contributed by atoms with Gasteiger partial charge in [0.25, 0.3) is 5.92 Å². The molecule has 0 aliphatic carbocycles. The van der Waals surface area contributed by atoms with Crippen LogP contribution in [0, 0.1) is 17.7 Å². The van der Waals surface area contributed by atoms with Gasteiger partial charge < -0.3 is 15.2 Å². The van der Waals surface area contributed by atoms with Crippen LogP contribution < -0.4 is 5.73 Å². The van der Waals surface area contributed by atoms with Crippen molar-refractivity contribution < 1.29 is 27.4 Å². The van der Waals surface area contributed by atoms with E-state index in [2.05, 4.69) is 21.8 Å². The molecule has 2 heterocycles. The smallest absolute Gasteiger partial charge is 0.299 e. The van der Waals surface area contributed by atoms with Gasteiger partial charge in [-0.2, -0.15) is 0 Å². The summed E-state index contributed by atoms with van der Waals surface area (Å²) in [6, 6.07) is 6.78. The molecule has 1 aromatic heterocycles. The number of carbonyl (C=O) groups excluding carboxylic acids is 1.